The molecule has 2 heteroatoms. The molecular formula is C8H12O2. The zero-order valence-electron chi connectivity index (χ0n) is 6.12. The van der Waals surface area contributed by atoms with Gasteiger partial charge in [-0.15, -0.1) is 6.58 Å². The molecule has 0 heterocycles. The fraction of sp³-hybridized carbons (Fsp3) is 0.375. The summed E-state index contributed by atoms with van der Waals surface area (Å²) in [5.74, 6) is 0. The zero-order chi connectivity index (χ0) is 7.82. The molecule has 1 atom stereocenters. The molecule has 0 fully saturated rings. The van der Waals surface area contributed by atoms with Gasteiger partial charge in [0.2, 0.25) is 0 Å². The van der Waals surface area contributed by atoms with Gasteiger partial charge in [-0.2, -0.15) is 0 Å². The first kappa shape index (κ1) is 9.11. The number of carbonyl (C=O) groups is 1. The van der Waals surface area contributed by atoms with Crippen LogP contribution in [0.25, 0.3) is 0 Å². The van der Waals surface area contributed by atoms with Gasteiger partial charge in [0.15, 0.2) is 0 Å². The minimum absolute atomic E-state index is 0.0521. The summed E-state index contributed by atoms with van der Waals surface area (Å²) in [7, 11) is 0. The molecule has 0 aliphatic rings. The Morgan fingerprint density at radius 3 is 2.90 bits per heavy atom. The van der Waals surface area contributed by atoms with Crippen LogP contribution in [0.4, 0.5) is 0 Å². The number of ether oxygens (including phenoxy) is 1. The predicted octanol–water partition coefficient (Wildman–Crippen LogP) is 1.33. The highest BCUT2D eigenvalue weighted by atomic mass is 16.5. The predicted molar refractivity (Wildman–Crippen MR) is 40.8 cm³/mol. The van der Waals surface area contributed by atoms with E-state index < -0.39 is 0 Å². The van der Waals surface area contributed by atoms with E-state index in [1.807, 2.05) is 6.92 Å². The van der Waals surface area contributed by atoms with Gasteiger partial charge in [-0.3, -0.25) is 4.79 Å². The highest BCUT2D eigenvalue weighted by Crippen LogP contribution is 1.89. The molecule has 1 unspecified atom stereocenters. The van der Waals surface area contributed by atoms with E-state index in [2.05, 4.69) is 6.58 Å². The molecule has 0 N–H and O–H groups in total. The molecule has 0 spiro atoms. The first-order valence-corrected chi connectivity index (χ1v) is 3.15. The third-order valence-corrected chi connectivity index (χ3v) is 1.00. The molecule has 0 rings (SSSR count). The molecule has 0 aromatic rings. The second-order valence-electron chi connectivity index (χ2n) is 1.84. The molecule has 0 aromatic carbocycles. The zero-order valence-corrected chi connectivity index (χ0v) is 6.12. The Bertz CT molecular complexity index is 127. The molecular weight excluding hydrogens is 128 g/mol. The summed E-state index contributed by atoms with van der Waals surface area (Å²) in [5.41, 5.74) is 0. The van der Waals surface area contributed by atoms with E-state index in [-0.39, 0.29) is 6.10 Å². The Morgan fingerprint density at radius 1 is 1.70 bits per heavy atom. The average molecular weight is 140 g/mol. The van der Waals surface area contributed by atoms with E-state index in [0.717, 1.165) is 6.29 Å². The highest BCUT2D eigenvalue weighted by molar-refractivity contribution is 5.64. The third kappa shape index (κ3) is 5.25. The van der Waals surface area contributed by atoms with Crippen LogP contribution < -0.4 is 0 Å². The Balaban J connectivity index is 3.26. The number of rotatable bonds is 5. The summed E-state index contributed by atoms with van der Waals surface area (Å²) in [6.45, 7) is 5.90. The van der Waals surface area contributed by atoms with Crippen LogP contribution in [0.5, 0.6) is 0 Å². The molecule has 0 aliphatic carbocycles. The third-order valence-electron chi connectivity index (χ3n) is 1.00. The number of allylic oxidation sites excluding steroid dienone is 1. The normalized spacial score (nSPS) is 13.3. The van der Waals surface area contributed by atoms with Gasteiger partial charge in [-0.25, -0.2) is 0 Å². The van der Waals surface area contributed by atoms with Gasteiger partial charge in [-0.05, 0) is 13.0 Å². The van der Waals surface area contributed by atoms with E-state index in [0.29, 0.717) is 6.61 Å². The van der Waals surface area contributed by atoms with Crippen LogP contribution >= 0.6 is 0 Å². The minimum Gasteiger partial charge on any atom is -0.370 e. The Hall–Kier alpha value is -0.890. The smallest absolute Gasteiger partial charge is 0.142 e. The lowest BCUT2D eigenvalue weighted by Crippen LogP contribution is -2.03. The fourth-order valence-corrected chi connectivity index (χ4v) is 0.386. The van der Waals surface area contributed by atoms with Gasteiger partial charge in [0.05, 0.1) is 12.7 Å². The second kappa shape index (κ2) is 6.23. The van der Waals surface area contributed by atoms with Crippen LogP contribution in [0.2, 0.25) is 0 Å². The Kier molecular flexibility index (Phi) is 5.68. The number of carbonyl (C=O) groups excluding carboxylic acids is 1. The van der Waals surface area contributed by atoms with Gasteiger partial charge in [0, 0.05) is 0 Å². The quantitative estimate of drug-likeness (QED) is 0.327. The highest BCUT2D eigenvalue weighted by Gasteiger charge is 1.89. The molecule has 0 aliphatic heterocycles. The Labute approximate surface area is 61.2 Å². The number of aldehydes is 1. The summed E-state index contributed by atoms with van der Waals surface area (Å²) in [5, 5.41) is 0. The van der Waals surface area contributed by atoms with Crippen LogP contribution in [0.15, 0.2) is 24.8 Å². The van der Waals surface area contributed by atoms with Crippen LogP contribution in [0.3, 0.4) is 0 Å². The van der Waals surface area contributed by atoms with E-state index in [4.69, 9.17) is 4.74 Å². The lowest BCUT2D eigenvalue weighted by molar-refractivity contribution is -0.104. The van der Waals surface area contributed by atoms with Crippen molar-refractivity contribution in [2.45, 2.75) is 13.0 Å². The van der Waals surface area contributed by atoms with Crippen LogP contribution in [0, 0.1) is 0 Å². The van der Waals surface area contributed by atoms with Crippen LogP contribution in [-0.2, 0) is 9.53 Å². The van der Waals surface area contributed by atoms with Crippen molar-refractivity contribution >= 4 is 6.29 Å². The van der Waals surface area contributed by atoms with E-state index in [1.165, 1.54) is 6.08 Å². The summed E-state index contributed by atoms with van der Waals surface area (Å²) in [6, 6.07) is 0. The van der Waals surface area contributed by atoms with Crippen molar-refractivity contribution in [1.29, 1.82) is 0 Å². The molecule has 0 saturated carbocycles. The van der Waals surface area contributed by atoms with E-state index in [1.54, 1.807) is 12.2 Å². The SMILES string of the molecule is C=CC(C)OC/C=C/C=O. The maximum Gasteiger partial charge on any atom is 0.142 e. The molecule has 56 valence electrons. The lowest BCUT2D eigenvalue weighted by Gasteiger charge is -2.03. The number of hydrogen-bond donors (Lipinski definition) is 0. The van der Waals surface area contributed by atoms with Crippen molar-refractivity contribution < 1.29 is 9.53 Å². The van der Waals surface area contributed by atoms with Gasteiger partial charge >= 0.3 is 0 Å². The summed E-state index contributed by atoms with van der Waals surface area (Å²) in [4.78, 5) is 9.76. The first-order valence-electron chi connectivity index (χ1n) is 3.15. The monoisotopic (exact) mass is 140 g/mol. The van der Waals surface area contributed by atoms with Crippen molar-refractivity contribution in [2.75, 3.05) is 6.61 Å². The van der Waals surface area contributed by atoms with Crippen molar-refractivity contribution in [3.8, 4) is 0 Å². The van der Waals surface area contributed by atoms with Crippen molar-refractivity contribution in [1.82, 2.24) is 0 Å². The second-order valence-corrected chi connectivity index (χ2v) is 1.84. The van der Waals surface area contributed by atoms with Gasteiger partial charge in [-0.1, -0.05) is 12.2 Å². The molecule has 0 bridgehead atoms. The summed E-state index contributed by atoms with van der Waals surface area (Å²) in [6.07, 6.45) is 5.55. The largest absolute Gasteiger partial charge is 0.370 e. The lowest BCUT2D eigenvalue weighted by atomic mass is 10.4. The number of hydrogen-bond acceptors (Lipinski definition) is 2. The van der Waals surface area contributed by atoms with Crippen molar-refractivity contribution in [2.24, 2.45) is 0 Å². The first-order chi connectivity index (χ1) is 4.81. The summed E-state index contributed by atoms with van der Waals surface area (Å²) < 4.78 is 5.13. The maximum absolute atomic E-state index is 9.76. The average Bonchev–Trinajstić information content (AvgIpc) is 1.98. The van der Waals surface area contributed by atoms with Crippen LogP contribution in [-0.4, -0.2) is 19.0 Å². The molecule has 2 nitrogen and oxygen atoms in total. The molecule has 10 heavy (non-hydrogen) atoms. The van der Waals surface area contributed by atoms with Crippen LogP contribution in [0.1, 0.15) is 6.92 Å². The molecule has 0 amide bonds. The van der Waals surface area contributed by atoms with Gasteiger partial charge < -0.3 is 4.74 Å². The van der Waals surface area contributed by atoms with E-state index in [9.17, 15) is 4.79 Å². The Morgan fingerprint density at radius 2 is 2.40 bits per heavy atom. The van der Waals surface area contributed by atoms with E-state index >= 15 is 0 Å². The summed E-state index contributed by atoms with van der Waals surface area (Å²) >= 11 is 0. The van der Waals surface area contributed by atoms with Gasteiger partial charge in [0.25, 0.3) is 0 Å². The fourth-order valence-electron chi connectivity index (χ4n) is 0.386. The van der Waals surface area contributed by atoms with Crippen molar-refractivity contribution in [3.63, 3.8) is 0 Å². The minimum atomic E-state index is 0.0521. The standard InChI is InChI=1S/C8H12O2/c1-3-8(2)10-7-5-4-6-9/h3-6,8H,1,7H2,2H3/b5-4+. The molecule has 0 radical (unpaired) electrons. The molecule has 0 saturated heterocycles. The molecule has 0 aromatic heterocycles. The van der Waals surface area contributed by atoms with Crippen molar-refractivity contribution in [3.05, 3.63) is 24.8 Å². The topological polar surface area (TPSA) is 26.3 Å². The maximum atomic E-state index is 9.76. The van der Waals surface area contributed by atoms with Gasteiger partial charge in [0.1, 0.15) is 6.29 Å².